The summed E-state index contributed by atoms with van der Waals surface area (Å²) in [5, 5.41) is 12.9. The highest BCUT2D eigenvalue weighted by atomic mass is 32.2. The summed E-state index contributed by atoms with van der Waals surface area (Å²) < 4.78 is 8.01. The van der Waals surface area contributed by atoms with E-state index in [2.05, 4.69) is 23.2 Å². The number of hydrogen-bond donors (Lipinski definition) is 1. The predicted molar refractivity (Wildman–Crippen MR) is 130 cm³/mol. The number of hydrogen-bond acceptors (Lipinski definition) is 6. The average Bonchev–Trinajstić information content (AvgIpc) is 2.97. The number of amides is 1. The van der Waals surface area contributed by atoms with Crippen molar-refractivity contribution >= 4 is 17.7 Å². The Kier molecular flexibility index (Phi) is 4.88. The zero-order valence-electron chi connectivity index (χ0n) is 19.0. The maximum Gasteiger partial charge on any atom is 0.278 e. The number of carbonyl (C=O) groups excluding carboxylic acids is 1. The lowest BCUT2D eigenvalue weighted by Gasteiger charge is -2.52. The van der Waals surface area contributed by atoms with Gasteiger partial charge in [-0.1, -0.05) is 30.3 Å². The van der Waals surface area contributed by atoms with Crippen LogP contribution in [0, 0.1) is 0 Å². The van der Waals surface area contributed by atoms with Crippen LogP contribution in [0.4, 0.5) is 0 Å². The minimum atomic E-state index is -0.560. The van der Waals surface area contributed by atoms with Gasteiger partial charge in [0.2, 0.25) is 5.43 Å². The predicted octanol–water partition coefficient (Wildman–Crippen LogP) is 3.86. The van der Waals surface area contributed by atoms with E-state index in [-0.39, 0.29) is 29.9 Å². The molecule has 7 nitrogen and oxygen atoms in total. The fourth-order valence-electron chi connectivity index (χ4n) is 5.43. The molecule has 0 saturated carbocycles. The van der Waals surface area contributed by atoms with Gasteiger partial charge in [-0.05, 0) is 37.1 Å². The second-order valence-electron chi connectivity index (χ2n) is 9.08. The van der Waals surface area contributed by atoms with Gasteiger partial charge < -0.3 is 14.7 Å². The van der Waals surface area contributed by atoms with E-state index < -0.39 is 11.2 Å². The van der Waals surface area contributed by atoms with Gasteiger partial charge in [0.25, 0.3) is 5.91 Å². The number of ether oxygens (including phenoxy) is 1. The molecule has 1 N–H and O–H groups in total. The molecule has 2 atom stereocenters. The highest BCUT2D eigenvalue weighted by Gasteiger charge is 2.46. The summed E-state index contributed by atoms with van der Waals surface area (Å²) in [4.78, 5) is 29.0. The molecule has 0 bridgehead atoms. The summed E-state index contributed by atoms with van der Waals surface area (Å²) >= 11 is 1.78. The second kappa shape index (κ2) is 7.84. The molecule has 0 aliphatic carbocycles. The standard InChI is InChI=1S/C26H25N3O4S/c1-15(2)28-21-11-13-33-19-8-5-6-16-14-34-20-9-4-3-7-17(20)23(22(16)19)29(21)27-12-10-18(30)25(31)24(27)26(28)32/h3-10,12,15,21,23,31H,11,13-14H2,1-2H3/t21?,23-/m1/s1. The van der Waals surface area contributed by atoms with Crippen LogP contribution in [0.5, 0.6) is 11.5 Å². The smallest absolute Gasteiger partial charge is 0.278 e. The van der Waals surface area contributed by atoms with Gasteiger partial charge in [0.15, 0.2) is 11.4 Å². The number of rotatable bonds is 1. The van der Waals surface area contributed by atoms with Crippen molar-refractivity contribution in [1.29, 1.82) is 0 Å². The average molecular weight is 476 g/mol. The highest BCUT2D eigenvalue weighted by Crippen LogP contribution is 2.48. The number of fused-ring (bicyclic) bond motifs is 6. The van der Waals surface area contributed by atoms with Crippen molar-refractivity contribution in [2.75, 3.05) is 11.6 Å². The molecule has 0 spiro atoms. The lowest BCUT2D eigenvalue weighted by atomic mass is 9.91. The van der Waals surface area contributed by atoms with Crippen molar-refractivity contribution in [3.05, 3.63) is 87.3 Å². The number of carbonyl (C=O) groups is 1. The summed E-state index contributed by atoms with van der Waals surface area (Å²) in [6.07, 6.45) is 1.86. The van der Waals surface area contributed by atoms with E-state index in [1.165, 1.54) is 11.6 Å². The highest BCUT2D eigenvalue weighted by molar-refractivity contribution is 7.98. The van der Waals surface area contributed by atoms with Crippen LogP contribution in [0.1, 0.15) is 53.5 Å². The molecule has 1 amide bonds. The van der Waals surface area contributed by atoms with Crippen LogP contribution in [0.3, 0.4) is 0 Å². The first-order valence-corrected chi connectivity index (χ1v) is 12.5. The van der Waals surface area contributed by atoms with Gasteiger partial charge >= 0.3 is 0 Å². The Morgan fingerprint density at radius 3 is 2.74 bits per heavy atom. The van der Waals surface area contributed by atoms with E-state index in [1.807, 2.05) is 38.1 Å². The van der Waals surface area contributed by atoms with Crippen molar-refractivity contribution in [2.45, 2.75) is 49.2 Å². The van der Waals surface area contributed by atoms with Crippen LogP contribution >= 0.6 is 11.8 Å². The minimum Gasteiger partial charge on any atom is -0.502 e. The summed E-state index contributed by atoms with van der Waals surface area (Å²) in [7, 11) is 0. The molecule has 3 aromatic rings. The molecule has 1 aromatic heterocycles. The molecule has 0 radical (unpaired) electrons. The third-order valence-electron chi connectivity index (χ3n) is 6.85. The Labute approximate surface area is 201 Å². The molecular formula is C26H25N3O4S. The molecule has 3 aliphatic heterocycles. The largest absolute Gasteiger partial charge is 0.502 e. The lowest BCUT2D eigenvalue weighted by Crippen LogP contribution is -2.64. The monoisotopic (exact) mass is 475 g/mol. The molecule has 8 heteroatoms. The van der Waals surface area contributed by atoms with Crippen LogP contribution < -0.4 is 15.2 Å². The third kappa shape index (κ3) is 2.98. The second-order valence-corrected chi connectivity index (χ2v) is 10.1. The number of benzene rings is 2. The third-order valence-corrected chi connectivity index (χ3v) is 7.99. The number of nitrogens with zero attached hydrogens (tertiary/aromatic N) is 3. The van der Waals surface area contributed by atoms with Gasteiger partial charge in [0, 0.05) is 40.9 Å². The minimum absolute atomic E-state index is 0.00681. The van der Waals surface area contributed by atoms with Gasteiger partial charge in [0.1, 0.15) is 18.0 Å². The Balaban J connectivity index is 1.71. The molecule has 0 saturated heterocycles. The molecule has 3 aliphatic rings. The fraction of sp³-hybridized carbons (Fsp3) is 0.308. The zero-order chi connectivity index (χ0) is 23.6. The molecule has 1 unspecified atom stereocenters. The van der Waals surface area contributed by atoms with Crippen molar-refractivity contribution in [2.24, 2.45) is 0 Å². The van der Waals surface area contributed by atoms with E-state index in [9.17, 15) is 14.7 Å². The molecule has 2 aromatic carbocycles. The Hall–Kier alpha value is -3.39. The van der Waals surface area contributed by atoms with Gasteiger partial charge in [-0.15, -0.1) is 11.8 Å². The Morgan fingerprint density at radius 1 is 1.09 bits per heavy atom. The van der Waals surface area contributed by atoms with Gasteiger partial charge in [-0.25, -0.2) is 0 Å². The summed E-state index contributed by atoms with van der Waals surface area (Å²) in [5.41, 5.74) is 2.79. The maximum absolute atomic E-state index is 13.7. The van der Waals surface area contributed by atoms with Crippen molar-refractivity contribution in [1.82, 2.24) is 9.58 Å². The van der Waals surface area contributed by atoms with E-state index >= 15 is 0 Å². The SMILES string of the molecule is CC(C)N1C(=O)c2c(O)c(=O)ccn2N2C1CCOc1cccc3c1[C@H]2c1ccccc1SC3. The van der Waals surface area contributed by atoms with E-state index in [1.54, 1.807) is 27.5 Å². The van der Waals surface area contributed by atoms with Gasteiger partial charge in [-0.3, -0.25) is 19.3 Å². The Morgan fingerprint density at radius 2 is 1.91 bits per heavy atom. The first-order chi connectivity index (χ1) is 16.5. The lowest BCUT2D eigenvalue weighted by molar-refractivity contribution is 0.0407. The zero-order valence-corrected chi connectivity index (χ0v) is 19.8. The number of aromatic hydroxyl groups is 1. The molecule has 4 heterocycles. The van der Waals surface area contributed by atoms with E-state index in [0.29, 0.717) is 13.0 Å². The maximum atomic E-state index is 13.7. The number of thioether (sulfide) groups is 1. The molecule has 174 valence electrons. The summed E-state index contributed by atoms with van der Waals surface area (Å²) in [5.74, 6) is 0.766. The van der Waals surface area contributed by atoms with Crippen LogP contribution in [0.25, 0.3) is 0 Å². The van der Waals surface area contributed by atoms with Gasteiger partial charge in [0.05, 0.1) is 6.61 Å². The first kappa shape index (κ1) is 21.2. The number of aromatic nitrogens is 1. The van der Waals surface area contributed by atoms with Crippen LogP contribution in [-0.2, 0) is 5.75 Å². The van der Waals surface area contributed by atoms with Gasteiger partial charge in [-0.2, -0.15) is 0 Å². The van der Waals surface area contributed by atoms with E-state index in [0.717, 1.165) is 27.5 Å². The molecule has 0 fully saturated rings. The van der Waals surface area contributed by atoms with Crippen LogP contribution in [0.2, 0.25) is 0 Å². The quantitative estimate of drug-likeness (QED) is 0.576. The van der Waals surface area contributed by atoms with Crippen molar-refractivity contribution in [3.8, 4) is 11.5 Å². The molecule has 6 rings (SSSR count). The fourth-order valence-corrected chi connectivity index (χ4v) is 6.52. The summed E-state index contributed by atoms with van der Waals surface area (Å²) in [6, 6.07) is 15.4. The van der Waals surface area contributed by atoms with Crippen molar-refractivity contribution in [3.63, 3.8) is 0 Å². The van der Waals surface area contributed by atoms with E-state index in [4.69, 9.17) is 4.74 Å². The van der Waals surface area contributed by atoms with Crippen molar-refractivity contribution < 1.29 is 14.6 Å². The summed E-state index contributed by atoms with van der Waals surface area (Å²) in [6.45, 7) is 4.36. The molecule has 34 heavy (non-hydrogen) atoms. The number of pyridine rings is 1. The van der Waals surface area contributed by atoms with Crippen LogP contribution in [-0.4, -0.2) is 39.4 Å². The Bertz CT molecular complexity index is 1370. The first-order valence-electron chi connectivity index (χ1n) is 11.5. The topological polar surface area (TPSA) is 75.0 Å². The van der Waals surface area contributed by atoms with Crippen LogP contribution in [0.15, 0.2) is 64.4 Å². The molecular weight excluding hydrogens is 450 g/mol. The normalized spacial score (nSPS) is 20.9.